The van der Waals surface area contributed by atoms with Gasteiger partial charge in [0.1, 0.15) is 0 Å². The lowest BCUT2D eigenvalue weighted by molar-refractivity contribution is -0.131. The molecule has 0 aromatic carbocycles. The Morgan fingerprint density at radius 2 is 2.00 bits per heavy atom. The Bertz CT molecular complexity index is 471. The van der Waals surface area contributed by atoms with E-state index in [1.807, 2.05) is 0 Å². The number of nitrogens with one attached hydrogen (secondary N) is 1. The molecule has 5 N–H and O–H groups in total. The molecule has 0 spiro atoms. The first kappa shape index (κ1) is 17.7. The van der Waals surface area contributed by atoms with Crippen LogP contribution in [0.2, 0.25) is 0 Å². The minimum absolute atomic E-state index is 0.0175. The molecule has 1 aliphatic heterocycles. The van der Waals surface area contributed by atoms with Crippen molar-refractivity contribution in [3.05, 3.63) is 0 Å². The van der Waals surface area contributed by atoms with Gasteiger partial charge >= 0.3 is 0 Å². The second-order valence-corrected chi connectivity index (χ2v) is 7.06. The van der Waals surface area contributed by atoms with Crippen LogP contribution in [0.15, 0.2) is 4.99 Å². The normalized spacial score (nSPS) is 17.8. The smallest absolute Gasteiger partial charge is 0.239 e. The maximum Gasteiger partial charge on any atom is 0.239 e. The molecule has 1 aliphatic rings. The molecule has 0 unspecified atom stereocenters. The largest absolute Gasteiger partial charge is 0.369 e. The fourth-order valence-corrected chi connectivity index (χ4v) is 2.60. The summed E-state index contributed by atoms with van der Waals surface area (Å²) in [6.45, 7) is 3.42. The van der Waals surface area contributed by atoms with Gasteiger partial charge in [0.25, 0.3) is 0 Å². The highest BCUT2D eigenvalue weighted by Crippen LogP contribution is 2.10. The maximum atomic E-state index is 11.9. The fourth-order valence-electron chi connectivity index (χ4n) is 2.07. The van der Waals surface area contributed by atoms with Gasteiger partial charge in [0.15, 0.2) is 0 Å². The maximum absolute atomic E-state index is 11.9. The van der Waals surface area contributed by atoms with Gasteiger partial charge in [0.05, 0.1) is 11.8 Å². The molecule has 9 heteroatoms. The average molecular weight is 319 g/mol. The van der Waals surface area contributed by atoms with Gasteiger partial charge in [-0.1, -0.05) is 0 Å². The lowest BCUT2D eigenvalue weighted by Gasteiger charge is -2.19. The van der Waals surface area contributed by atoms with Crippen molar-refractivity contribution in [2.45, 2.75) is 38.6 Å². The summed E-state index contributed by atoms with van der Waals surface area (Å²) in [4.78, 5) is 17.6. The van der Waals surface area contributed by atoms with E-state index in [0.29, 0.717) is 19.4 Å². The van der Waals surface area contributed by atoms with Gasteiger partial charge in [-0.15, -0.1) is 0 Å². The van der Waals surface area contributed by atoms with Gasteiger partial charge in [-0.05, 0) is 32.6 Å². The predicted octanol–water partition coefficient (Wildman–Crippen LogP) is -1.03. The minimum atomic E-state index is -3.39. The summed E-state index contributed by atoms with van der Waals surface area (Å²) in [5, 5.41) is 0. The van der Waals surface area contributed by atoms with Crippen molar-refractivity contribution in [1.82, 2.24) is 9.62 Å². The third-order valence-corrected chi connectivity index (χ3v) is 4.61. The Kier molecular flexibility index (Phi) is 6.90. The molecule has 1 heterocycles. The molecule has 0 aliphatic carbocycles. The molecule has 0 aromatic rings. The summed E-state index contributed by atoms with van der Waals surface area (Å²) in [7, 11) is -3.39. The Balaban J connectivity index is 2.28. The van der Waals surface area contributed by atoms with Crippen LogP contribution in [0.3, 0.4) is 0 Å². The topological polar surface area (TPSA) is 131 Å². The molecule has 0 aromatic heterocycles. The first-order valence-electron chi connectivity index (χ1n) is 7.20. The average Bonchev–Trinajstić information content (AvgIpc) is 2.96. The highest BCUT2D eigenvalue weighted by Gasteiger charge is 2.22. The Morgan fingerprint density at radius 1 is 1.38 bits per heavy atom. The molecule has 8 nitrogen and oxygen atoms in total. The van der Waals surface area contributed by atoms with Gasteiger partial charge in [-0.25, -0.2) is 8.42 Å². The van der Waals surface area contributed by atoms with Crippen LogP contribution in [0.5, 0.6) is 0 Å². The predicted molar refractivity (Wildman–Crippen MR) is 82.1 cm³/mol. The zero-order valence-electron chi connectivity index (χ0n) is 12.4. The van der Waals surface area contributed by atoms with E-state index >= 15 is 0 Å². The van der Waals surface area contributed by atoms with Gasteiger partial charge in [0, 0.05) is 19.6 Å². The van der Waals surface area contributed by atoms with E-state index in [0.717, 1.165) is 25.9 Å². The summed E-state index contributed by atoms with van der Waals surface area (Å²) < 4.78 is 24.6. The second-order valence-electron chi connectivity index (χ2n) is 5.05. The molecular formula is C12H25N5O3S. The van der Waals surface area contributed by atoms with E-state index in [2.05, 4.69) is 9.71 Å². The van der Waals surface area contributed by atoms with E-state index in [1.165, 1.54) is 6.92 Å². The molecular weight excluding hydrogens is 294 g/mol. The molecule has 1 amide bonds. The summed E-state index contributed by atoms with van der Waals surface area (Å²) in [6.07, 6.45) is 3.16. The quantitative estimate of drug-likeness (QED) is 0.314. The highest BCUT2D eigenvalue weighted by molar-refractivity contribution is 7.90. The fraction of sp³-hybridized carbons (Fsp3) is 0.833. The van der Waals surface area contributed by atoms with Crippen molar-refractivity contribution in [3.8, 4) is 0 Å². The lowest BCUT2D eigenvalue weighted by Crippen LogP contribution is -2.42. The standard InChI is InChI=1S/C12H25N5O3S/c1-2-21(19,20)16-12(14)15-7-5-6-10(13)11(18)17-8-3-4-9-17/h10H,2-9,13H2,1H3,(H3,14,15,16)/t10-/m0/s1. The number of carbonyl (C=O) groups excluding carboxylic acids is 1. The number of sulfonamides is 1. The van der Waals surface area contributed by atoms with Crippen molar-refractivity contribution < 1.29 is 13.2 Å². The molecule has 122 valence electrons. The molecule has 0 bridgehead atoms. The number of aliphatic imine (C=N–C) groups is 1. The molecule has 0 radical (unpaired) electrons. The molecule has 21 heavy (non-hydrogen) atoms. The second kappa shape index (κ2) is 8.18. The molecule has 1 atom stereocenters. The van der Waals surface area contributed by atoms with Crippen LogP contribution in [0.25, 0.3) is 0 Å². The van der Waals surface area contributed by atoms with Crippen molar-refractivity contribution in [1.29, 1.82) is 0 Å². The van der Waals surface area contributed by atoms with Gasteiger partial charge < -0.3 is 16.4 Å². The van der Waals surface area contributed by atoms with Gasteiger partial charge in [-0.3, -0.25) is 14.5 Å². The van der Waals surface area contributed by atoms with Crippen molar-refractivity contribution >= 4 is 21.9 Å². The van der Waals surface area contributed by atoms with E-state index in [-0.39, 0.29) is 17.6 Å². The molecule has 0 saturated carbocycles. The third-order valence-electron chi connectivity index (χ3n) is 3.33. The van der Waals surface area contributed by atoms with Crippen LogP contribution in [-0.4, -0.2) is 56.6 Å². The zero-order chi connectivity index (χ0) is 15.9. The number of nitrogens with two attached hydrogens (primary N) is 2. The summed E-state index contributed by atoms with van der Waals surface area (Å²) >= 11 is 0. The number of nitrogens with zero attached hydrogens (tertiary/aromatic N) is 2. The van der Waals surface area contributed by atoms with Gasteiger partial charge in [-0.2, -0.15) is 0 Å². The van der Waals surface area contributed by atoms with Crippen molar-refractivity contribution in [3.63, 3.8) is 0 Å². The molecule has 1 fully saturated rings. The molecule has 1 saturated heterocycles. The van der Waals surface area contributed by atoms with E-state index < -0.39 is 16.1 Å². The number of carbonyl (C=O) groups is 1. The Labute approximate surface area is 126 Å². The lowest BCUT2D eigenvalue weighted by atomic mass is 10.1. The number of hydrogen-bond donors (Lipinski definition) is 3. The SMILES string of the molecule is CCS(=O)(=O)NC(N)=NCCC[C@H](N)C(=O)N1CCCC1. The molecule has 1 rings (SSSR count). The van der Waals surface area contributed by atoms with Crippen molar-refractivity contribution in [2.75, 3.05) is 25.4 Å². The van der Waals surface area contributed by atoms with Crippen LogP contribution < -0.4 is 16.2 Å². The van der Waals surface area contributed by atoms with Crippen molar-refractivity contribution in [2.24, 2.45) is 16.5 Å². The highest BCUT2D eigenvalue weighted by atomic mass is 32.2. The Hall–Kier alpha value is -1.35. The monoisotopic (exact) mass is 319 g/mol. The van der Waals surface area contributed by atoms with Crippen LogP contribution >= 0.6 is 0 Å². The van der Waals surface area contributed by atoms with Gasteiger partial charge in [0.2, 0.25) is 21.9 Å². The van der Waals surface area contributed by atoms with Crippen LogP contribution in [0, 0.1) is 0 Å². The summed E-state index contributed by atoms with van der Waals surface area (Å²) in [6, 6.07) is -0.521. The number of amides is 1. The van der Waals surface area contributed by atoms with E-state index in [1.54, 1.807) is 4.90 Å². The van der Waals surface area contributed by atoms with E-state index in [9.17, 15) is 13.2 Å². The number of guanidine groups is 1. The third kappa shape index (κ3) is 6.30. The van der Waals surface area contributed by atoms with Crippen LogP contribution in [0.4, 0.5) is 0 Å². The first-order chi connectivity index (χ1) is 9.85. The first-order valence-corrected chi connectivity index (χ1v) is 8.85. The Morgan fingerprint density at radius 3 is 2.57 bits per heavy atom. The van der Waals surface area contributed by atoms with E-state index in [4.69, 9.17) is 11.5 Å². The summed E-state index contributed by atoms with van der Waals surface area (Å²) in [5.74, 6) is -0.203. The summed E-state index contributed by atoms with van der Waals surface area (Å²) in [5.41, 5.74) is 11.3. The minimum Gasteiger partial charge on any atom is -0.369 e. The number of likely N-dealkylation sites (tertiary alicyclic amines) is 1. The number of rotatable bonds is 7. The van der Waals surface area contributed by atoms with Crippen LogP contribution in [-0.2, 0) is 14.8 Å². The number of hydrogen-bond acceptors (Lipinski definition) is 5. The zero-order valence-corrected chi connectivity index (χ0v) is 13.2. The van der Waals surface area contributed by atoms with Crippen LogP contribution in [0.1, 0.15) is 32.6 Å².